The second-order valence-electron chi connectivity index (χ2n) is 7.82. The van der Waals surface area contributed by atoms with Gasteiger partial charge in [-0.15, -0.1) is 0 Å². The largest absolute Gasteiger partial charge is 0.497 e. The number of carbonyl (C=O) groups is 2. The summed E-state index contributed by atoms with van der Waals surface area (Å²) in [6.45, 7) is 5.52. The Balaban J connectivity index is 1.78. The van der Waals surface area contributed by atoms with Gasteiger partial charge in [0.15, 0.2) is 0 Å². The molecule has 0 unspecified atom stereocenters. The van der Waals surface area contributed by atoms with Crippen molar-refractivity contribution in [3.8, 4) is 11.5 Å². The maximum atomic E-state index is 13.8. The molecular formula is C28H28N2O4. The summed E-state index contributed by atoms with van der Waals surface area (Å²) in [5.41, 5.74) is 3.03. The van der Waals surface area contributed by atoms with Gasteiger partial charge in [0.1, 0.15) is 17.2 Å². The monoisotopic (exact) mass is 456 g/mol. The van der Waals surface area contributed by atoms with Gasteiger partial charge in [-0.2, -0.15) is 0 Å². The van der Waals surface area contributed by atoms with Gasteiger partial charge in [0.25, 0.3) is 11.8 Å². The molecule has 0 aliphatic carbocycles. The third kappa shape index (κ3) is 4.53. The first-order valence-electron chi connectivity index (χ1n) is 11.4. The minimum atomic E-state index is -0.346. The molecule has 174 valence electrons. The van der Waals surface area contributed by atoms with Crippen molar-refractivity contribution in [3.63, 3.8) is 0 Å². The lowest BCUT2D eigenvalue weighted by molar-refractivity contribution is -0.120. The van der Waals surface area contributed by atoms with Crippen molar-refractivity contribution in [2.24, 2.45) is 0 Å². The van der Waals surface area contributed by atoms with Crippen LogP contribution in [0.25, 0.3) is 5.57 Å². The summed E-state index contributed by atoms with van der Waals surface area (Å²) in [6, 6.07) is 24.2. The van der Waals surface area contributed by atoms with Gasteiger partial charge in [0.2, 0.25) is 0 Å². The van der Waals surface area contributed by atoms with Crippen molar-refractivity contribution < 1.29 is 19.1 Å². The molecule has 34 heavy (non-hydrogen) atoms. The predicted octanol–water partition coefficient (Wildman–Crippen LogP) is 4.90. The third-order valence-electron chi connectivity index (χ3n) is 5.76. The van der Waals surface area contributed by atoms with Crippen molar-refractivity contribution in [3.05, 3.63) is 95.7 Å². The van der Waals surface area contributed by atoms with Crippen LogP contribution in [0.15, 0.2) is 84.6 Å². The SMILES string of the molecule is CCOc1ccc(N2C(=O)C(c3ccc(OC)cc3)=C(N(CC)Cc3ccccc3)C2=O)cc1. The fraction of sp³-hybridized carbons (Fsp3) is 0.214. The lowest BCUT2D eigenvalue weighted by atomic mass is 10.0. The minimum absolute atomic E-state index is 0.335. The zero-order chi connectivity index (χ0) is 24.1. The maximum Gasteiger partial charge on any atom is 0.282 e. The van der Waals surface area contributed by atoms with Crippen LogP contribution in [0, 0.1) is 0 Å². The smallest absolute Gasteiger partial charge is 0.282 e. The van der Waals surface area contributed by atoms with Crippen LogP contribution in [0.4, 0.5) is 5.69 Å². The maximum absolute atomic E-state index is 13.8. The third-order valence-corrected chi connectivity index (χ3v) is 5.76. The number of carbonyl (C=O) groups excluding carboxylic acids is 2. The van der Waals surface area contributed by atoms with E-state index < -0.39 is 0 Å². The molecule has 0 N–H and O–H groups in total. The Hall–Kier alpha value is -4.06. The number of imide groups is 1. The summed E-state index contributed by atoms with van der Waals surface area (Å²) < 4.78 is 10.8. The van der Waals surface area contributed by atoms with Gasteiger partial charge in [-0.25, -0.2) is 4.90 Å². The fourth-order valence-electron chi connectivity index (χ4n) is 4.07. The second kappa shape index (κ2) is 10.3. The Morgan fingerprint density at radius 2 is 1.44 bits per heavy atom. The summed E-state index contributed by atoms with van der Waals surface area (Å²) in [7, 11) is 1.59. The number of amides is 2. The van der Waals surface area contributed by atoms with E-state index in [0.29, 0.717) is 53.7 Å². The first-order valence-corrected chi connectivity index (χ1v) is 11.4. The highest BCUT2D eigenvalue weighted by molar-refractivity contribution is 6.45. The molecule has 0 aromatic heterocycles. The van der Waals surface area contributed by atoms with E-state index in [9.17, 15) is 9.59 Å². The molecule has 0 saturated carbocycles. The van der Waals surface area contributed by atoms with Gasteiger partial charge in [-0.3, -0.25) is 9.59 Å². The van der Waals surface area contributed by atoms with Crippen LogP contribution >= 0.6 is 0 Å². The van der Waals surface area contributed by atoms with Crippen LogP contribution in [0.2, 0.25) is 0 Å². The molecule has 4 rings (SSSR count). The standard InChI is InChI=1S/C28H28N2O4/c1-4-29(19-20-9-7-6-8-10-20)26-25(21-11-15-23(33-3)16-12-21)27(31)30(28(26)32)22-13-17-24(18-14-22)34-5-2/h6-18H,4-5,19H2,1-3H3. The lowest BCUT2D eigenvalue weighted by Crippen LogP contribution is -2.35. The molecule has 0 bridgehead atoms. The van der Waals surface area contributed by atoms with Crippen molar-refractivity contribution in [1.29, 1.82) is 0 Å². The molecule has 0 saturated heterocycles. The molecule has 0 fully saturated rings. The Labute approximate surface area is 200 Å². The van der Waals surface area contributed by atoms with E-state index in [0.717, 1.165) is 5.56 Å². The van der Waals surface area contributed by atoms with E-state index in [4.69, 9.17) is 9.47 Å². The first kappa shape index (κ1) is 23.1. The molecule has 3 aromatic carbocycles. The highest BCUT2D eigenvalue weighted by atomic mass is 16.5. The Morgan fingerprint density at radius 1 is 0.794 bits per heavy atom. The number of benzene rings is 3. The van der Waals surface area contributed by atoms with Crippen LogP contribution in [-0.2, 0) is 16.1 Å². The molecule has 1 aliphatic rings. The number of anilines is 1. The first-order chi connectivity index (χ1) is 16.6. The second-order valence-corrected chi connectivity index (χ2v) is 7.82. The van der Waals surface area contributed by atoms with Crippen LogP contribution < -0.4 is 14.4 Å². The normalized spacial score (nSPS) is 13.4. The highest BCUT2D eigenvalue weighted by Crippen LogP contribution is 2.36. The summed E-state index contributed by atoms with van der Waals surface area (Å²) in [4.78, 5) is 30.7. The molecule has 1 aliphatic heterocycles. The number of hydrogen-bond acceptors (Lipinski definition) is 5. The van der Waals surface area contributed by atoms with Crippen molar-refractivity contribution in [2.75, 3.05) is 25.2 Å². The van der Waals surface area contributed by atoms with Crippen molar-refractivity contribution in [1.82, 2.24) is 4.90 Å². The molecule has 0 radical (unpaired) electrons. The molecule has 3 aromatic rings. The van der Waals surface area contributed by atoms with Crippen LogP contribution in [0.1, 0.15) is 25.0 Å². The quantitative estimate of drug-likeness (QED) is 0.429. The van der Waals surface area contributed by atoms with E-state index in [2.05, 4.69) is 0 Å². The summed E-state index contributed by atoms with van der Waals surface area (Å²) in [5, 5.41) is 0. The van der Waals surface area contributed by atoms with Crippen molar-refractivity contribution in [2.45, 2.75) is 20.4 Å². The molecule has 2 amide bonds. The van der Waals surface area contributed by atoms with Gasteiger partial charge in [-0.1, -0.05) is 42.5 Å². The summed E-state index contributed by atoms with van der Waals surface area (Å²) >= 11 is 0. The van der Waals surface area contributed by atoms with Gasteiger partial charge >= 0.3 is 0 Å². The average Bonchev–Trinajstić information content (AvgIpc) is 3.13. The minimum Gasteiger partial charge on any atom is -0.497 e. The Bertz CT molecular complexity index is 1190. The van der Waals surface area contributed by atoms with E-state index in [1.54, 1.807) is 43.5 Å². The molecular weight excluding hydrogens is 428 g/mol. The van der Waals surface area contributed by atoms with Crippen LogP contribution in [-0.4, -0.2) is 37.0 Å². The van der Waals surface area contributed by atoms with Crippen molar-refractivity contribution >= 4 is 23.1 Å². The molecule has 6 nitrogen and oxygen atoms in total. The van der Waals surface area contributed by atoms with Gasteiger partial charge in [0.05, 0.1) is 25.0 Å². The number of ether oxygens (including phenoxy) is 2. The molecule has 0 atom stereocenters. The molecule has 6 heteroatoms. The average molecular weight is 457 g/mol. The van der Waals surface area contributed by atoms with Gasteiger partial charge in [-0.05, 0) is 61.4 Å². The highest BCUT2D eigenvalue weighted by Gasteiger charge is 2.42. The molecule has 0 spiro atoms. The lowest BCUT2D eigenvalue weighted by Gasteiger charge is -2.25. The number of likely N-dealkylation sites (N-methyl/N-ethyl adjacent to an activating group) is 1. The summed E-state index contributed by atoms with van der Waals surface area (Å²) in [6.07, 6.45) is 0. The van der Waals surface area contributed by atoms with E-state index in [1.807, 2.05) is 61.2 Å². The Morgan fingerprint density at radius 3 is 2.03 bits per heavy atom. The predicted molar refractivity (Wildman–Crippen MR) is 133 cm³/mol. The van der Waals surface area contributed by atoms with E-state index in [-0.39, 0.29) is 11.8 Å². The van der Waals surface area contributed by atoms with E-state index >= 15 is 0 Å². The van der Waals surface area contributed by atoms with Gasteiger partial charge < -0.3 is 14.4 Å². The Kier molecular flexibility index (Phi) is 6.97. The number of methoxy groups -OCH3 is 1. The zero-order valence-electron chi connectivity index (χ0n) is 19.7. The molecule has 1 heterocycles. The number of nitrogens with zero attached hydrogens (tertiary/aromatic N) is 2. The van der Waals surface area contributed by atoms with Crippen LogP contribution in [0.3, 0.4) is 0 Å². The number of hydrogen-bond donors (Lipinski definition) is 0. The number of rotatable bonds is 9. The fourth-order valence-corrected chi connectivity index (χ4v) is 4.07. The van der Waals surface area contributed by atoms with Crippen LogP contribution in [0.5, 0.6) is 11.5 Å². The van der Waals surface area contributed by atoms with Gasteiger partial charge in [0, 0.05) is 13.1 Å². The topological polar surface area (TPSA) is 59.1 Å². The van der Waals surface area contributed by atoms with E-state index in [1.165, 1.54) is 4.90 Å². The zero-order valence-corrected chi connectivity index (χ0v) is 19.7. The summed E-state index contributed by atoms with van der Waals surface area (Å²) in [5.74, 6) is 0.689.